The van der Waals surface area contributed by atoms with Crippen LogP contribution in [0, 0.1) is 0 Å². The number of halogens is 9. The molecule has 0 bridgehead atoms. The van der Waals surface area contributed by atoms with Crippen LogP contribution in [-0.2, 0) is 14.8 Å². The van der Waals surface area contributed by atoms with Gasteiger partial charge in [-0.15, -0.1) is 0 Å². The fourth-order valence-electron chi connectivity index (χ4n) is 1.06. The van der Waals surface area contributed by atoms with Crippen molar-refractivity contribution in [3.05, 3.63) is 0 Å². The number of hydrogen-bond acceptors (Lipinski definition) is 3. The van der Waals surface area contributed by atoms with Gasteiger partial charge in [-0.25, -0.2) is 8.42 Å². The molecular formula is C8H10F9NO3S. The molecule has 0 fully saturated rings. The molecule has 0 saturated carbocycles. The quantitative estimate of drug-likeness (QED) is 0.646. The Bertz CT molecular complexity index is 488. The van der Waals surface area contributed by atoms with Crippen molar-refractivity contribution in [1.29, 1.82) is 0 Å². The fraction of sp³-hybridized carbons (Fsp3) is 1.00. The van der Waals surface area contributed by atoms with E-state index in [2.05, 4.69) is 4.74 Å². The fourth-order valence-corrected chi connectivity index (χ4v) is 2.22. The normalized spacial score (nSPS) is 15.5. The third-order valence-corrected chi connectivity index (χ3v) is 4.37. The number of alkyl halides is 9. The van der Waals surface area contributed by atoms with Crippen molar-refractivity contribution < 1.29 is 52.7 Å². The number of likely N-dealkylation sites (N-methyl/N-ethyl adjacent to an activating group) is 1. The second-order valence-corrected chi connectivity index (χ2v) is 6.07. The minimum atomic E-state index is -7.27. The zero-order valence-electron chi connectivity index (χ0n) is 10.9. The largest absolute Gasteiger partial charge is 0.460 e. The van der Waals surface area contributed by atoms with Gasteiger partial charge in [-0.3, -0.25) is 0 Å². The van der Waals surface area contributed by atoms with Gasteiger partial charge in [-0.05, 0) is 0 Å². The Balaban J connectivity index is 5.90. The van der Waals surface area contributed by atoms with Gasteiger partial charge >= 0.3 is 23.3 Å². The smallest absolute Gasteiger partial charge is 0.383 e. The molecule has 0 spiro atoms. The van der Waals surface area contributed by atoms with Gasteiger partial charge in [0.1, 0.15) is 0 Å². The molecule has 0 aliphatic carbocycles. The summed E-state index contributed by atoms with van der Waals surface area (Å²) in [7, 11) is -5.25. The molecule has 0 aliphatic rings. The molecule has 0 aliphatic heterocycles. The van der Waals surface area contributed by atoms with Crippen molar-refractivity contribution >= 4 is 10.0 Å². The van der Waals surface area contributed by atoms with E-state index in [0.717, 1.165) is 7.11 Å². The first kappa shape index (κ1) is 21.2. The molecule has 0 aromatic rings. The minimum Gasteiger partial charge on any atom is -0.383 e. The maximum absolute atomic E-state index is 13.3. The molecule has 134 valence electrons. The highest BCUT2D eigenvalue weighted by Gasteiger charge is 2.85. The second-order valence-electron chi connectivity index (χ2n) is 3.98. The lowest BCUT2D eigenvalue weighted by Crippen LogP contribution is -2.65. The number of nitrogens with zero attached hydrogens (tertiary/aromatic N) is 1. The molecule has 0 atom stereocenters. The van der Waals surface area contributed by atoms with Crippen LogP contribution in [0.3, 0.4) is 0 Å². The van der Waals surface area contributed by atoms with E-state index in [9.17, 15) is 47.9 Å². The van der Waals surface area contributed by atoms with Gasteiger partial charge in [0.2, 0.25) is 0 Å². The number of hydrogen-bond donors (Lipinski definition) is 0. The van der Waals surface area contributed by atoms with Crippen LogP contribution in [0.2, 0.25) is 0 Å². The molecule has 0 unspecified atom stereocenters. The average molecular weight is 371 g/mol. The van der Waals surface area contributed by atoms with Crippen LogP contribution in [0.4, 0.5) is 39.5 Å². The van der Waals surface area contributed by atoms with E-state index in [0.29, 0.717) is 7.05 Å². The molecule has 0 aromatic heterocycles. The van der Waals surface area contributed by atoms with Gasteiger partial charge in [0.25, 0.3) is 10.0 Å². The van der Waals surface area contributed by atoms with E-state index in [1.54, 1.807) is 0 Å². The van der Waals surface area contributed by atoms with E-state index in [1.165, 1.54) is 0 Å². The Morgan fingerprint density at radius 1 is 0.909 bits per heavy atom. The van der Waals surface area contributed by atoms with Crippen molar-refractivity contribution in [3.8, 4) is 0 Å². The van der Waals surface area contributed by atoms with E-state index in [1.807, 2.05) is 0 Å². The van der Waals surface area contributed by atoms with Crippen LogP contribution in [-0.4, -0.2) is 63.3 Å². The summed E-state index contributed by atoms with van der Waals surface area (Å²) in [5, 5.41) is -6.71. The highest BCUT2D eigenvalue weighted by molar-refractivity contribution is 7.90. The van der Waals surface area contributed by atoms with Crippen LogP contribution in [0.15, 0.2) is 0 Å². The van der Waals surface area contributed by atoms with Gasteiger partial charge in [0.15, 0.2) is 0 Å². The lowest BCUT2D eigenvalue weighted by atomic mass is 10.1. The van der Waals surface area contributed by atoms with E-state index in [-0.39, 0.29) is 0 Å². The van der Waals surface area contributed by atoms with Crippen LogP contribution >= 0.6 is 0 Å². The lowest BCUT2D eigenvalue weighted by molar-refractivity contribution is -0.382. The Labute approximate surface area is 118 Å². The molecule has 22 heavy (non-hydrogen) atoms. The number of sulfonamides is 1. The Kier molecular flexibility index (Phi) is 5.82. The van der Waals surface area contributed by atoms with Crippen molar-refractivity contribution in [1.82, 2.24) is 4.31 Å². The van der Waals surface area contributed by atoms with Gasteiger partial charge < -0.3 is 4.74 Å². The minimum absolute atomic E-state index is 0.296. The van der Waals surface area contributed by atoms with Gasteiger partial charge in [0.05, 0.1) is 6.61 Å². The molecule has 0 saturated heterocycles. The molecule has 4 nitrogen and oxygen atoms in total. The number of methoxy groups -OCH3 is 1. The number of rotatable bonds is 7. The molecular weight excluding hydrogens is 361 g/mol. The summed E-state index contributed by atoms with van der Waals surface area (Å²) in [4.78, 5) is 0. The second kappa shape index (κ2) is 6.03. The molecule has 0 radical (unpaired) electrons. The standard InChI is InChI=1S/C8H10F9NO3S/c1-18(3-4-21-2)22(19,20)8(16,17)6(11,12)5(9,10)7(13,14)15/h3-4H2,1-2H3. The SMILES string of the molecule is COCCN(C)S(=O)(=O)C(F)(F)C(F)(F)C(F)(F)C(F)(F)F. The zero-order chi connectivity index (χ0) is 18.2. The van der Waals surface area contributed by atoms with Gasteiger partial charge in [-0.2, -0.15) is 43.8 Å². The Morgan fingerprint density at radius 3 is 1.64 bits per heavy atom. The van der Waals surface area contributed by atoms with Crippen molar-refractivity contribution in [2.75, 3.05) is 27.3 Å². The third kappa shape index (κ3) is 3.13. The van der Waals surface area contributed by atoms with Crippen LogP contribution in [0.25, 0.3) is 0 Å². The summed E-state index contributed by atoms with van der Waals surface area (Å²) in [6.45, 7) is -1.56. The summed E-state index contributed by atoms with van der Waals surface area (Å²) in [5.41, 5.74) is 0. The maximum atomic E-state index is 13.3. The Morgan fingerprint density at radius 2 is 1.32 bits per heavy atom. The maximum Gasteiger partial charge on any atom is 0.460 e. The summed E-state index contributed by atoms with van der Waals surface area (Å²) in [5.74, 6) is -14.5. The van der Waals surface area contributed by atoms with Gasteiger partial charge in [0, 0.05) is 20.7 Å². The first-order valence-electron chi connectivity index (χ1n) is 5.13. The van der Waals surface area contributed by atoms with Crippen LogP contribution in [0.1, 0.15) is 0 Å². The predicted octanol–water partition coefficient (Wildman–Crippen LogP) is 2.32. The highest BCUT2D eigenvalue weighted by Crippen LogP contribution is 2.55. The zero-order valence-corrected chi connectivity index (χ0v) is 11.7. The van der Waals surface area contributed by atoms with E-state index < -0.39 is 50.8 Å². The molecule has 0 rings (SSSR count). The molecule has 0 aromatic carbocycles. The van der Waals surface area contributed by atoms with E-state index in [4.69, 9.17) is 0 Å². The van der Waals surface area contributed by atoms with Gasteiger partial charge in [-0.1, -0.05) is 0 Å². The van der Waals surface area contributed by atoms with Crippen molar-refractivity contribution in [2.24, 2.45) is 0 Å². The van der Waals surface area contributed by atoms with E-state index >= 15 is 0 Å². The third-order valence-electron chi connectivity index (χ3n) is 2.46. The summed E-state index contributed by atoms with van der Waals surface area (Å²) in [6.07, 6.45) is -7.08. The predicted molar refractivity (Wildman–Crippen MR) is 54.3 cm³/mol. The summed E-state index contributed by atoms with van der Waals surface area (Å²) in [6, 6.07) is 0. The molecule has 0 heterocycles. The van der Waals surface area contributed by atoms with Crippen LogP contribution < -0.4 is 0 Å². The first-order chi connectivity index (χ1) is 9.48. The first-order valence-corrected chi connectivity index (χ1v) is 6.57. The highest BCUT2D eigenvalue weighted by atomic mass is 32.2. The lowest BCUT2D eigenvalue weighted by Gasteiger charge is -2.34. The average Bonchev–Trinajstić information content (AvgIpc) is 2.33. The van der Waals surface area contributed by atoms with Crippen molar-refractivity contribution in [2.45, 2.75) is 23.3 Å². The van der Waals surface area contributed by atoms with Crippen molar-refractivity contribution in [3.63, 3.8) is 0 Å². The Hall–Kier alpha value is -0.760. The number of ether oxygens (including phenoxy) is 1. The molecule has 0 amide bonds. The monoisotopic (exact) mass is 371 g/mol. The topological polar surface area (TPSA) is 46.6 Å². The van der Waals surface area contributed by atoms with Crippen LogP contribution in [0.5, 0.6) is 0 Å². The molecule has 0 N–H and O–H groups in total. The molecule has 14 heteroatoms. The summed E-state index contributed by atoms with van der Waals surface area (Å²) < 4.78 is 140. The summed E-state index contributed by atoms with van der Waals surface area (Å²) >= 11 is 0.